The fourth-order valence-electron chi connectivity index (χ4n) is 1.84. The van der Waals surface area contributed by atoms with Crippen molar-refractivity contribution in [1.82, 2.24) is 9.97 Å². The minimum Gasteiger partial charge on any atom is -0.457 e. The standard InChI is InChI=1S/C16H13N3O2S/c1-11-18-15(10-22-11)16(20)19-12-3-2-4-14(9-12)21-13-5-7-17-8-6-13/h2-10H,1H3,(H,19,20). The Hall–Kier alpha value is -2.73. The van der Waals surface area contributed by atoms with Crippen molar-refractivity contribution in [1.29, 1.82) is 0 Å². The Morgan fingerprint density at radius 1 is 1.18 bits per heavy atom. The molecule has 22 heavy (non-hydrogen) atoms. The molecule has 3 aromatic rings. The van der Waals surface area contributed by atoms with Gasteiger partial charge in [-0.05, 0) is 31.2 Å². The molecule has 0 spiro atoms. The van der Waals surface area contributed by atoms with Crippen LogP contribution in [-0.4, -0.2) is 15.9 Å². The van der Waals surface area contributed by atoms with E-state index >= 15 is 0 Å². The highest BCUT2D eigenvalue weighted by atomic mass is 32.1. The monoisotopic (exact) mass is 311 g/mol. The van der Waals surface area contributed by atoms with Crippen LogP contribution < -0.4 is 10.1 Å². The number of thiazole rings is 1. The maximum absolute atomic E-state index is 12.1. The van der Waals surface area contributed by atoms with E-state index in [1.165, 1.54) is 11.3 Å². The molecule has 6 heteroatoms. The second-order valence-electron chi connectivity index (χ2n) is 4.52. The molecular formula is C16H13N3O2S. The van der Waals surface area contributed by atoms with Gasteiger partial charge in [-0.2, -0.15) is 0 Å². The van der Waals surface area contributed by atoms with Crippen molar-refractivity contribution in [3.63, 3.8) is 0 Å². The van der Waals surface area contributed by atoms with E-state index in [2.05, 4.69) is 15.3 Å². The first-order valence-electron chi connectivity index (χ1n) is 6.62. The molecule has 0 atom stereocenters. The number of amides is 1. The molecular weight excluding hydrogens is 298 g/mol. The van der Waals surface area contributed by atoms with E-state index in [0.717, 1.165) is 5.01 Å². The molecule has 0 saturated carbocycles. The first kappa shape index (κ1) is 14.2. The van der Waals surface area contributed by atoms with Crippen molar-refractivity contribution in [2.45, 2.75) is 6.92 Å². The summed E-state index contributed by atoms with van der Waals surface area (Å²) in [4.78, 5) is 20.2. The molecule has 3 rings (SSSR count). The van der Waals surface area contributed by atoms with E-state index in [0.29, 0.717) is 22.9 Å². The summed E-state index contributed by atoms with van der Waals surface area (Å²) in [6.45, 7) is 1.87. The molecule has 0 bridgehead atoms. The Balaban J connectivity index is 1.72. The third-order valence-electron chi connectivity index (χ3n) is 2.83. The van der Waals surface area contributed by atoms with Gasteiger partial charge in [0.2, 0.25) is 0 Å². The summed E-state index contributed by atoms with van der Waals surface area (Å²) in [5, 5.41) is 5.41. The molecule has 1 amide bonds. The Bertz CT molecular complexity index is 787. The van der Waals surface area contributed by atoms with Crippen LogP contribution in [0.15, 0.2) is 54.2 Å². The van der Waals surface area contributed by atoms with Crippen molar-refractivity contribution in [3.05, 3.63) is 64.9 Å². The van der Waals surface area contributed by atoms with Crippen LogP contribution in [0.2, 0.25) is 0 Å². The number of aromatic nitrogens is 2. The molecule has 0 aliphatic carbocycles. The summed E-state index contributed by atoms with van der Waals surface area (Å²) in [6.07, 6.45) is 3.32. The molecule has 0 radical (unpaired) electrons. The van der Waals surface area contributed by atoms with Gasteiger partial charge < -0.3 is 10.1 Å². The number of benzene rings is 1. The average Bonchev–Trinajstić information content (AvgIpc) is 2.95. The van der Waals surface area contributed by atoms with E-state index in [-0.39, 0.29) is 5.91 Å². The molecule has 2 aromatic heterocycles. The lowest BCUT2D eigenvalue weighted by Gasteiger charge is -2.08. The van der Waals surface area contributed by atoms with Gasteiger partial charge in [-0.25, -0.2) is 4.98 Å². The van der Waals surface area contributed by atoms with Crippen LogP contribution in [0.1, 0.15) is 15.5 Å². The van der Waals surface area contributed by atoms with Crippen molar-refractivity contribution < 1.29 is 9.53 Å². The SMILES string of the molecule is Cc1nc(C(=O)Nc2cccc(Oc3ccncc3)c2)cs1. The van der Waals surface area contributed by atoms with Crippen LogP contribution >= 0.6 is 11.3 Å². The van der Waals surface area contributed by atoms with E-state index in [9.17, 15) is 4.79 Å². The summed E-state index contributed by atoms with van der Waals surface area (Å²) in [5.74, 6) is 1.09. The first-order chi connectivity index (χ1) is 10.7. The van der Waals surface area contributed by atoms with Crippen molar-refractivity contribution >= 4 is 22.9 Å². The third kappa shape index (κ3) is 3.48. The van der Waals surface area contributed by atoms with Gasteiger partial charge in [0.05, 0.1) is 5.01 Å². The van der Waals surface area contributed by atoms with Crippen LogP contribution in [0.3, 0.4) is 0 Å². The van der Waals surface area contributed by atoms with Gasteiger partial charge in [0.25, 0.3) is 5.91 Å². The summed E-state index contributed by atoms with van der Waals surface area (Å²) in [6, 6.07) is 10.7. The maximum Gasteiger partial charge on any atom is 0.275 e. The summed E-state index contributed by atoms with van der Waals surface area (Å²) < 4.78 is 5.71. The molecule has 5 nitrogen and oxygen atoms in total. The fourth-order valence-corrected chi connectivity index (χ4v) is 2.44. The minimum absolute atomic E-state index is 0.231. The number of aryl methyl sites for hydroxylation is 1. The number of hydrogen-bond acceptors (Lipinski definition) is 5. The van der Waals surface area contributed by atoms with Gasteiger partial charge in [0.15, 0.2) is 0 Å². The predicted octanol–water partition coefficient (Wildman–Crippen LogP) is 3.89. The number of carbonyl (C=O) groups excluding carboxylic acids is 1. The van der Waals surface area contributed by atoms with Crippen molar-refractivity contribution in [3.8, 4) is 11.5 Å². The quantitative estimate of drug-likeness (QED) is 0.794. The number of nitrogens with zero attached hydrogens (tertiary/aromatic N) is 2. The van der Waals surface area contributed by atoms with E-state index in [1.807, 2.05) is 19.1 Å². The van der Waals surface area contributed by atoms with Crippen LogP contribution in [0, 0.1) is 6.92 Å². The molecule has 1 aromatic carbocycles. The Kier molecular flexibility index (Phi) is 4.11. The highest BCUT2D eigenvalue weighted by Crippen LogP contribution is 2.23. The molecule has 1 N–H and O–H groups in total. The highest BCUT2D eigenvalue weighted by molar-refractivity contribution is 7.09. The van der Waals surface area contributed by atoms with Crippen molar-refractivity contribution in [2.75, 3.05) is 5.32 Å². The fraction of sp³-hybridized carbons (Fsp3) is 0.0625. The van der Waals surface area contributed by atoms with Gasteiger partial charge in [0.1, 0.15) is 17.2 Å². The molecule has 0 aliphatic heterocycles. The normalized spacial score (nSPS) is 10.2. The smallest absolute Gasteiger partial charge is 0.275 e. The molecule has 2 heterocycles. The van der Waals surface area contributed by atoms with E-state index in [1.54, 1.807) is 42.0 Å². The van der Waals surface area contributed by atoms with Crippen LogP contribution in [-0.2, 0) is 0 Å². The predicted molar refractivity (Wildman–Crippen MR) is 85.6 cm³/mol. The van der Waals surface area contributed by atoms with Gasteiger partial charge >= 0.3 is 0 Å². The molecule has 0 saturated heterocycles. The number of anilines is 1. The first-order valence-corrected chi connectivity index (χ1v) is 7.50. The zero-order valence-electron chi connectivity index (χ0n) is 11.8. The number of ether oxygens (including phenoxy) is 1. The summed E-state index contributed by atoms with van der Waals surface area (Å²) in [5.41, 5.74) is 1.07. The molecule has 110 valence electrons. The summed E-state index contributed by atoms with van der Waals surface area (Å²) in [7, 11) is 0. The molecule has 0 fully saturated rings. The highest BCUT2D eigenvalue weighted by Gasteiger charge is 2.10. The lowest BCUT2D eigenvalue weighted by Crippen LogP contribution is -2.12. The Morgan fingerprint density at radius 3 is 2.73 bits per heavy atom. The molecule has 0 unspecified atom stereocenters. The number of hydrogen-bond donors (Lipinski definition) is 1. The second kappa shape index (κ2) is 6.36. The summed E-state index contributed by atoms with van der Waals surface area (Å²) >= 11 is 1.45. The number of carbonyl (C=O) groups is 1. The third-order valence-corrected chi connectivity index (χ3v) is 3.60. The number of rotatable bonds is 4. The van der Waals surface area contributed by atoms with Crippen molar-refractivity contribution in [2.24, 2.45) is 0 Å². The van der Waals surface area contributed by atoms with Crippen LogP contribution in [0.4, 0.5) is 5.69 Å². The zero-order chi connectivity index (χ0) is 15.4. The van der Waals surface area contributed by atoms with Crippen LogP contribution in [0.25, 0.3) is 0 Å². The lowest BCUT2D eigenvalue weighted by atomic mass is 10.3. The van der Waals surface area contributed by atoms with Crippen LogP contribution in [0.5, 0.6) is 11.5 Å². The largest absolute Gasteiger partial charge is 0.457 e. The maximum atomic E-state index is 12.1. The molecule has 0 aliphatic rings. The lowest BCUT2D eigenvalue weighted by molar-refractivity contribution is 0.102. The number of nitrogens with one attached hydrogen (secondary N) is 1. The van der Waals surface area contributed by atoms with Gasteiger partial charge in [-0.3, -0.25) is 9.78 Å². The Labute approximate surface area is 131 Å². The minimum atomic E-state index is -0.231. The van der Waals surface area contributed by atoms with Gasteiger partial charge in [-0.15, -0.1) is 11.3 Å². The number of pyridine rings is 1. The zero-order valence-corrected chi connectivity index (χ0v) is 12.6. The Morgan fingerprint density at radius 2 is 2.00 bits per heavy atom. The van der Waals surface area contributed by atoms with E-state index < -0.39 is 0 Å². The topological polar surface area (TPSA) is 64.1 Å². The van der Waals surface area contributed by atoms with Gasteiger partial charge in [0, 0.05) is 29.5 Å². The second-order valence-corrected chi connectivity index (χ2v) is 5.58. The average molecular weight is 311 g/mol. The van der Waals surface area contributed by atoms with E-state index in [4.69, 9.17) is 4.74 Å². The van der Waals surface area contributed by atoms with Gasteiger partial charge in [-0.1, -0.05) is 6.07 Å².